The number of hydrogen-bond acceptors (Lipinski definition) is 4. The third kappa shape index (κ3) is 3.69. The van der Waals surface area contributed by atoms with Crippen LogP contribution in [0, 0.1) is 5.92 Å². The minimum Gasteiger partial charge on any atom is -0.508 e. The molecule has 0 heterocycles. The summed E-state index contributed by atoms with van der Waals surface area (Å²) in [4.78, 5) is 24.4. The summed E-state index contributed by atoms with van der Waals surface area (Å²) in [6.45, 7) is 0. The molecule has 4 nitrogen and oxygen atoms in total. The molecule has 0 saturated carbocycles. The van der Waals surface area contributed by atoms with Gasteiger partial charge in [-0.1, -0.05) is 42.5 Å². The van der Waals surface area contributed by atoms with Crippen molar-refractivity contribution in [3.8, 4) is 5.75 Å². The topological polar surface area (TPSA) is 63.6 Å². The number of Topliss-reactive ketones (excluding diaryl/α,β-unsaturated/α-hetero) is 1. The Bertz CT molecular complexity index is 617. The SMILES string of the molecule is COC(=O)C(Cc1ccc(O)cc1)C(=O)c1ccccc1. The lowest BCUT2D eigenvalue weighted by molar-refractivity contribution is -0.143. The van der Waals surface area contributed by atoms with Crippen molar-refractivity contribution in [2.75, 3.05) is 7.11 Å². The molecule has 0 aliphatic carbocycles. The lowest BCUT2D eigenvalue weighted by Gasteiger charge is -2.14. The van der Waals surface area contributed by atoms with E-state index >= 15 is 0 Å². The summed E-state index contributed by atoms with van der Waals surface area (Å²) < 4.78 is 4.74. The number of rotatable bonds is 5. The number of carbonyl (C=O) groups is 2. The minimum atomic E-state index is -0.887. The molecule has 0 spiro atoms. The van der Waals surface area contributed by atoms with Gasteiger partial charge in [0.25, 0.3) is 0 Å². The van der Waals surface area contributed by atoms with E-state index in [1.165, 1.54) is 19.2 Å². The average molecular weight is 284 g/mol. The van der Waals surface area contributed by atoms with Crippen LogP contribution in [0.25, 0.3) is 0 Å². The molecule has 108 valence electrons. The van der Waals surface area contributed by atoms with Crippen LogP contribution in [0.2, 0.25) is 0 Å². The van der Waals surface area contributed by atoms with Gasteiger partial charge in [0.2, 0.25) is 0 Å². The van der Waals surface area contributed by atoms with Gasteiger partial charge in [0.15, 0.2) is 5.78 Å². The minimum absolute atomic E-state index is 0.141. The summed E-state index contributed by atoms with van der Waals surface area (Å²) in [5.41, 5.74) is 1.26. The lowest BCUT2D eigenvalue weighted by Crippen LogP contribution is -2.27. The second kappa shape index (κ2) is 6.70. The summed E-state index contributed by atoms with van der Waals surface area (Å²) in [5, 5.41) is 9.27. The number of benzene rings is 2. The number of aromatic hydroxyl groups is 1. The van der Waals surface area contributed by atoms with E-state index < -0.39 is 11.9 Å². The van der Waals surface area contributed by atoms with Crippen molar-refractivity contribution >= 4 is 11.8 Å². The van der Waals surface area contributed by atoms with Gasteiger partial charge in [0.1, 0.15) is 11.7 Å². The quantitative estimate of drug-likeness (QED) is 0.521. The van der Waals surface area contributed by atoms with E-state index in [2.05, 4.69) is 0 Å². The van der Waals surface area contributed by atoms with Gasteiger partial charge in [0, 0.05) is 5.56 Å². The first-order valence-corrected chi connectivity index (χ1v) is 6.57. The maximum absolute atomic E-state index is 12.5. The zero-order valence-corrected chi connectivity index (χ0v) is 11.7. The van der Waals surface area contributed by atoms with Gasteiger partial charge in [-0.2, -0.15) is 0 Å². The second-order valence-electron chi connectivity index (χ2n) is 4.68. The van der Waals surface area contributed by atoms with Crippen molar-refractivity contribution in [2.24, 2.45) is 5.92 Å². The van der Waals surface area contributed by atoms with Crippen LogP contribution in [-0.2, 0) is 16.0 Å². The molecule has 1 N–H and O–H groups in total. The van der Waals surface area contributed by atoms with Crippen LogP contribution in [0.3, 0.4) is 0 Å². The highest BCUT2D eigenvalue weighted by Crippen LogP contribution is 2.18. The molecule has 0 aromatic heterocycles. The Balaban J connectivity index is 2.24. The Morgan fingerprint density at radius 3 is 2.24 bits per heavy atom. The van der Waals surface area contributed by atoms with Gasteiger partial charge in [-0.05, 0) is 24.1 Å². The third-order valence-corrected chi connectivity index (χ3v) is 3.24. The summed E-state index contributed by atoms with van der Waals surface area (Å²) >= 11 is 0. The summed E-state index contributed by atoms with van der Waals surface area (Å²) in [5.74, 6) is -1.57. The van der Waals surface area contributed by atoms with Crippen LogP contribution in [0.5, 0.6) is 5.75 Å². The molecule has 21 heavy (non-hydrogen) atoms. The Morgan fingerprint density at radius 1 is 1.05 bits per heavy atom. The fraction of sp³-hybridized carbons (Fsp3) is 0.176. The fourth-order valence-corrected chi connectivity index (χ4v) is 2.10. The smallest absolute Gasteiger partial charge is 0.316 e. The first-order valence-electron chi connectivity index (χ1n) is 6.57. The highest BCUT2D eigenvalue weighted by molar-refractivity contribution is 6.08. The van der Waals surface area contributed by atoms with E-state index in [1.54, 1.807) is 36.4 Å². The Labute approximate surface area is 123 Å². The number of esters is 1. The Kier molecular flexibility index (Phi) is 4.72. The average Bonchev–Trinajstić information content (AvgIpc) is 2.54. The van der Waals surface area contributed by atoms with Crippen LogP contribution in [0.15, 0.2) is 54.6 Å². The van der Waals surface area contributed by atoms with Crippen LogP contribution < -0.4 is 0 Å². The van der Waals surface area contributed by atoms with Gasteiger partial charge in [0.05, 0.1) is 7.11 Å². The van der Waals surface area contributed by atoms with Gasteiger partial charge in [-0.3, -0.25) is 9.59 Å². The van der Waals surface area contributed by atoms with Crippen molar-refractivity contribution in [2.45, 2.75) is 6.42 Å². The number of phenols is 1. The van der Waals surface area contributed by atoms with Crippen LogP contribution >= 0.6 is 0 Å². The van der Waals surface area contributed by atoms with Crippen molar-refractivity contribution in [1.29, 1.82) is 0 Å². The number of hydrogen-bond donors (Lipinski definition) is 1. The van der Waals surface area contributed by atoms with E-state index in [9.17, 15) is 14.7 Å². The second-order valence-corrected chi connectivity index (χ2v) is 4.68. The molecule has 2 rings (SSSR count). The predicted molar refractivity (Wildman–Crippen MR) is 78.1 cm³/mol. The van der Waals surface area contributed by atoms with Crippen LogP contribution in [0.4, 0.5) is 0 Å². The summed E-state index contributed by atoms with van der Waals surface area (Å²) in [7, 11) is 1.27. The van der Waals surface area contributed by atoms with Gasteiger partial charge in [-0.15, -0.1) is 0 Å². The Morgan fingerprint density at radius 2 is 1.67 bits per heavy atom. The van der Waals surface area contributed by atoms with Crippen molar-refractivity contribution in [1.82, 2.24) is 0 Å². The lowest BCUT2D eigenvalue weighted by atomic mass is 9.91. The van der Waals surface area contributed by atoms with E-state index in [0.717, 1.165) is 5.56 Å². The Hall–Kier alpha value is -2.62. The molecule has 1 unspecified atom stereocenters. The number of phenolic OH excluding ortho intramolecular Hbond substituents is 1. The highest BCUT2D eigenvalue weighted by Gasteiger charge is 2.28. The molecule has 0 saturated heterocycles. The maximum Gasteiger partial charge on any atom is 0.316 e. The number of ether oxygens (including phenoxy) is 1. The predicted octanol–water partition coefficient (Wildman–Crippen LogP) is 2.61. The molecule has 0 aliphatic heterocycles. The van der Waals surface area contributed by atoms with E-state index in [4.69, 9.17) is 4.74 Å². The summed E-state index contributed by atoms with van der Waals surface area (Å²) in [6.07, 6.45) is 0.237. The molecule has 0 bridgehead atoms. The fourth-order valence-electron chi connectivity index (χ4n) is 2.10. The van der Waals surface area contributed by atoms with Gasteiger partial charge in [-0.25, -0.2) is 0 Å². The molecule has 2 aromatic carbocycles. The monoisotopic (exact) mass is 284 g/mol. The van der Waals surface area contributed by atoms with E-state index in [1.807, 2.05) is 6.07 Å². The first-order chi connectivity index (χ1) is 10.1. The molecule has 0 amide bonds. The molecule has 1 atom stereocenters. The highest BCUT2D eigenvalue weighted by atomic mass is 16.5. The van der Waals surface area contributed by atoms with Crippen molar-refractivity contribution < 1.29 is 19.4 Å². The van der Waals surface area contributed by atoms with E-state index in [0.29, 0.717) is 5.56 Å². The van der Waals surface area contributed by atoms with Gasteiger partial charge < -0.3 is 9.84 Å². The molecular weight excluding hydrogens is 268 g/mol. The zero-order chi connectivity index (χ0) is 15.2. The van der Waals surface area contributed by atoms with Gasteiger partial charge >= 0.3 is 5.97 Å². The molecule has 4 heteroatoms. The van der Waals surface area contributed by atoms with Crippen molar-refractivity contribution in [3.05, 3.63) is 65.7 Å². The molecule has 0 aliphatic rings. The number of carbonyl (C=O) groups excluding carboxylic acids is 2. The van der Waals surface area contributed by atoms with E-state index in [-0.39, 0.29) is 18.0 Å². The largest absolute Gasteiger partial charge is 0.508 e. The summed E-state index contributed by atoms with van der Waals surface area (Å²) in [6, 6.07) is 15.1. The van der Waals surface area contributed by atoms with Crippen molar-refractivity contribution in [3.63, 3.8) is 0 Å². The zero-order valence-electron chi connectivity index (χ0n) is 11.7. The standard InChI is InChI=1S/C17H16O4/c1-21-17(20)15(11-12-7-9-14(18)10-8-12)16(19)13-5-3-2-4-6-13/h2-10,15,18H,11H2,1H3. The molecule has 0 radical (unpaired) electrons. The molecule has 0 fully saturated rings. The molecule has 2 aromatic rings. The number of ketones is 1. The van der Waals surface area contributed by atoms with Crippen LogP contribution in [0.1, 0.15) is 15.9 Å². The third-order valence-electron chi connectivity index (χ3n) is 3.24. The molecular formula is C17H16O4. The normalized spacial score (nSPS) is 11.7. The number of methoxy groups -OCH3 is 1. The maximum atomic E-state index is 12.5. The van der Waals surface area contributed by atoms with Crippen LogP contribution in [-0.4, -0.2) is 24.0 Å². The first kappa shape index (κ1) is 14.8.